The third-order valence-electron chi connectivity index (χ3n) is 4.49. The predicted molar refractivity (Wildman–Crippen MR) is 120 cm³/mol. The molecule has 1 aliphatic rings. The molecule has 1 atom stereocenters. The minimum atomic E-state index is 0. The van der Waals surface area contributed by atoms with Crippen LogP contribution in [0.1, 0.15) is 24.0 Å². The van der Waals surface area contributed by atoms with E-state index in [9.17, 15) is 0 Å². The number of hydrogen-bond donors (Lipinski definition) is 2. The molecule has 0 saturated heterocycles. The van der Waals surface area contributed by atoms with Crippen LogP contribution in [0.4, 0.5) is 0 Å². The first kappa shape index (κ1) is 21.5. The van der Waals surface area contributed by atoms with E-state index in [0.29, 0.717) is 29.2 Å². The van der Waals surface area contributed by atoms with Gasteiger partial charge in [0.2, 0.25) is 11.7 Å². The number of benzene rings is 1. The first-order valence-electron chi connectivity index (χ1n) is 9.07. The lowest BCUT2D eigenvalue weighted by Gasteiger charge is -2.25. The Labute approximate surface area is 190 Å². The molecule has 0 spiro atoms. The van der Waals surface area contributed by atoms with Crippen molar-refractivity contribution in [3.63, 3.8) is 0 Å². The fraction of sp³-hybridized carbons (Fsp3) is 0.389. The Hall–Kier alpha value is -2.21. The Bertz CT molecular complexity index is 1000. The van der Waals surface area contributed by atoms with Crippen molar-refractivity contribution in [1.82, 2.24) is 35.5 Å². The Balaban J connectivity index is 0.00000240. The molecule has 3 heterocycles. The van der Waals surface area contributed by atoms with Crippen LogP contribution in [0.5, 0.6) is 0 Å². The molecule has 4 rings (SSSR count). The number of halogens is 2. The SMILES string of the molecule is CN=C(NCc1nc(-c2cccc(Cl)c2)no1)NC1CCc2nc(C)nn2C1.I. The van der Waals surface area contributed by atoms with Crippen LogP contribution in [0, 0.1) is 6.92 Å². The van der Waals surface area contributed by atoms with Crippen molar-refractivity contribution >= 4 is 41.5 Å². The van der Waals surface area contributed by atoms with Crippen LogP contribution in [0.15, 0.2) is 33.8 Å². The standard InChI is InChI=1S/C18H21ClN8O.HI/c1-11-22-15-7-6-14(10-27(15)25-11)23-18(20-2)21-9-16-24-17(26-28-16)12-4-3-5-13(19)8-12;/h3-5,8,14H,6-7,9-10H2,1-2H3,(H2,20,21,23);1H. The molecule has 1 unspecified atom stereocenters. The van der Waals surface area contributed by atoms with Gasteiger partial charge >= 0.3 is 0 Å². The maximum atomic E-state index is 6.02. The molecule has 29 heavy (non-hydrogen) atoms. The van der Waals surface area contributed by atoms with E-state index in [1.54, 1.807) is 19.2 Å². The van der Waals surface area contributed by atoms with Gasteiger partial charge in [0.15, 0.2) is 5.96 Å². The maximum Gasteiger partial charge on any atom is 0.246 e. The highest BCUT2D eigenvalue weighted by Gasteiger charge is 2.21. The van der Waals surface area contributed by atoms with Crippen LogP contribution < -0.4 is 10.6 Å². The van der Waals surface area contributed by atoms with Gasteiger partial charge in [-0.2, -0.15) is 10.1 Å². The first-order valence-corrected chi connectivity index (χ1v) is 9.44. The molecule has 0 aliphatic carbocycles. The summed E-state index contributed by atoms with van der Waals surface area (Å²) >= 11 is 6.02. The van der Waals surface area contributed by atoms with Crippen LogP contribution in [0.2, 0.25) is 5.02 Å². The number of aromatic nitrogens is 5. The monoisotopic (exact) mass is 528 g/mol. The molecule has 154 valence electrons. The lowest BCUT2D eigenvalue weighted by Crippen LogP contribution is -2.46. The second kappa shape index (κ2) is 9.53. The quantitative estimate of drug-likeness (QED) is 0.305. The number of guanidine groups is 1. The van der Waals surface area contributed by atoms with E-state index in [1.807, 2.05) is 23.7 Å². The van der Waals surface area contributed by atoms with Gasteiger partial charge in [0.1, 0.15) is 11.6 Å². The topological polar surface area (TPSA) is 106 Å². The van der Waals surface area contributed by atoms with Gasteiger partial charge < -0.3 is 15.2 Å². The highest BCUT2D eigenvalue weighted by atomic mass is 127. The van der Waals surface area contributed by atoms with Crippen LogP contribution in [0.3, 0.4) is 0 Å². The van der Waals surface area contributed by atoms with Crippen molar-refractivity contribution in [2.45, 2.75) is 38.9 Å². The van der Waals surface area contributed by atoms with Gasteiger partial charge in [-0.25, -0.2) is 9.67 Å². The summed E-state index contributed by atoms with van der Waals surface area (Å²) in [6.45, 7) is 3.04. The van der Waals surface area contributed by atoms with Gasteiger partial charge in [-0.05, 0) is 25.5 Å². The van der Waals surface area contributed by atoms with E-state index in [0.717, 1.165) is 36.6 Å². The molecule has 2 N–H and O–H groups in total. The summed E-state index contributed by atoms with van der Waals surface area (Å²) < 4.78 is 7.28. The second-order valence-electron chi connectivity index (χ2n) is 6.59. The first-order chi connectivity index (χ1) is 13.6. The van der Waals surface area contributed by atoms with Crippen molar-refractivity contribution in [2.75, 3.05) is 7.05 Å². The number of nitrogens with one attached hydrogen (secondary N) is 2. The Morgan fingerprint density at radius 2 is 2.24 bits per heavy atom. The summed E-state index contributed by atoms with van der Waals surface area (Å²) in [4.78, 5) is 13.1. The largest absolute Gasteiger partial charge is 0.352 e. The number of aliphatic imine (C=N–C) groups is 1. The molecule has 1 aromatic carbocycles. The molecule has 0 bridgehead atoms. The summed E-state index contributed by atoms with van der Waals surface area (Å²) in [5, 5.41) is 15.7. The number of nitrogens with zero attached hydrogens (tertiary/aromatic N) is 6. The van der Waals surface area contributed by atoms with Crippen LogP contribution in [0.25, 0.3) is 11.4 Å². The number of hydrogen-bond acceptors (Lipinski definition) is 6. The molecule has 0 saturated carbocycles. The normalized spacial score (nSPS) is 16.1. The average molecular weight is 529 g/mol. The van der Waals surface area contributed by atoms with Gasteiger partial charge in [-0.1, -0.05) is 28.9 Å². The summed E-state index contributed by atoms with van der Waals surface area (Å²) in [7, 11) is 1.73. The molecule has 11 heteroatoms. The van der Waals surface area contributed by atoms with Gasteiger partial charge in [0.25, 0.3) is 0 Å². The third-order valence-corrected chi connectivity index (χ3v) is 4.72. The van der Waals surface area contributed by atoms with E-state index in [2.05, 4.69) is 35.8 Å². The van der Waals surface area contributed by atoms with Crippen molar-refractivity contribution in [1.29, 1.82) is 0 Å². The van der Waals surface area contributed by atoms with E-state index in [4.69, 9.17) is 16.1 Å². The molecular weight excluding hydrogens is 507 g/mol. The summed E-state index contributed by atoms with van der Waals surface area (Å²) in [6, 6.07) is 7.57. The van der Waals surface area contributed by atoms with Crippen molar-refractivity contribution in [2.24, 2.45) is 4.99 Å². The van der Waals surface area contributed by atoms with E-state index in [-0.39, 0.29) is 30.0 Å². The van der Waals surface area contributed by atoms with Crippen LogP contribution in [-0.2, 0) is 19.5 Å². The molecule has 1 aliphatic heterocycles. The van der Waals surface area contributed by atoms with Gasteiger partial charge in [0.05, 0.1) is 13.1 Å². The number of aryl methyl sites for hydroxylation is 2. The van der Waals surface area contributed by atoms with Crippen LogP contribution in [-0.4, -0.2) is 44.0 Å². The van der Waals surface area contributed by atoms with Crippen LogP contribution >= 0.6 is 35.6 Å². The summed E-state index contributed by atoms with van der Waals surface area (Å²) in [5.41, 5.74) is 0.811. The third kappa shape index (κ3) is 5.24. The Kier molecular flexibility index (Phi) is 7.06. The molecule has 3 aromatic rings. The van der Waals surface area contributed by atoms with Gasteiger partial charge in [-0.15, -0.1) is 24.0 Å². The molecule has 0 radical (unpaired) electrons. The lowest BCUT2D eigenvalue weighted by molar-refractivity contribution is 0.371. The molecule has 9 nitrogen and oxygen atoms in total. The molecule has 0 amide bonds. The average Bonchev–Trinajstić information content (AvgIpc) is 3.30. The number of fused-ring (bicyclic) bond motifs is 1. The van der Waals surface area contributed by atoms with Crippen molar-refractivity contribution in [3.8, 4) is 11.4 Å². The smallest absolute Gasteiger partial charge is 0.246 e. The summed E-state index contributed by atoms with van der Waals surface area (Å²) in [6.07, 6.45) is 1.86. The maximum absolute atomic E-state index is 6.02. The minimum absolute atomic E-state index is 0. The van der Waals surface area contributed by atoms with E-state index in [1.165, 1.54) is 0 Å². The minimum Gasteiger partial charge on any atom is -0.352 e. The van der Waals surface area contributed by atoms with Crippen molar-refractivity contribution in [3.05, 3.63) is 46.8 Å². The zero-order valence-corrected chi connectivity index (χ0v) is 19.2. The van der Waals surface area contributed by atoms with Crippen molar-refractivity contribution < 1.29 is 4.52 Å². The molecule has 2 aromatic heterocycles. The Morgan fingerprint density at radius 1 is 1.38 bits per heavy atom. The highest BCUT2D eigenvalue weighted by molar-refractivity contribution is 14.0. The molecular formula is C18H22ClIN8O. The van der Waals surface area contributed by atoms with E-state index >= 15 is 0 Å². The lowest BCUT2D eigenvalue weighted by atomic mass is 10.1. The Morgan fingerprint density at radius 3 is 3.03 bits per heavy atom. The zero-order chi connectivity index (χ0) is 19.5. The number of rotatable bonds is 4. The van der Waals surface area contributed by atoms with Gasteiger partial charge in [-0.3, -0.25) is 4.99 Å². The summed E-state index contributed by atoms with van der Waals surface area (Å²) in [5.74, 6) is 3.50. The van der Waals surface area contributed by atoms with Gasteiger partial charge in [0, 0.05) is 30.1 Å². The van der Waals surface area contributed by atoms with E-state index < -0.39 is 0 Å². The molecule has 0 fully saturated rings. The second-order valence-corrected chi connectivity index (χ2v) is 7.02. The fourth-order valence-electron chi connectivity index (χ4n) is 3.17. The highest BCUT2D eigenvalue weighted by Crippen LogP contribution is 2.19. The predicted octanol–water partition coefficient (Wildman–Crippen LogP) is 2.59. The zero-order valence-electron chi connectivity index (χ0n) is 16.1. The fourth-order valence-corrected chi connectivity index (χ4v) is 3.36.